The Morgan fingerprint density at radius 1 is 1.39 bits per heavy atom. The second-order valence-corrected chi connectivity index (χ2v) is 3.88. The summed E-state index contributed by atoms with van der Waals surface area (Å²) in [5.41, 5.74) is 0.752. The molecular weight excluding hydrogens is 236 g/mol. The van der Waals surface area contributed by atoms with Crippen molar-refractivity contribution >= 4 is 11.8 Å². The summed E-state index contributed by atoms with van der Waals surface area (Å²) in [6.45, 7) is 3.18. The number of carbonyl (C=O) groups is 2. The maximum absolute atomic E-state index is 11.2. The van der Waals surface area contributed by atoms with Crippen LogP contribution in [0.1, 0.15) is 29.8 Å². The maximum Gasteiger partial charge on any atom is 0.335 e. The average molecular weight is 252 g/mol. The Morgan fingerprint density at radius 2 is 2.06 bits per heavy atom. The number of phenolic OH excluding ortho intramolecular Hbond substituents is 1. The molecule has 0 heterocycles. The Labute approximate surface area is 105 Å². The second-order valence-electron chi connectivity index (χ2n) is 3.88. The molecule has 0 fully saturated rings. The van der Waals surface area contributed by atoms with Crippen molar-refractivity contribution in [2.45, 2.75) is 26.4 Å². The molecule has 0 radical (unpaired) electrons. The minimum atomic E-state index is -1.27. The summed E-state index contributed by atoms with van der Waals surface area (Å²) in [4.78, 5) is 22.5. The Kier molecular flexibility index (Phi) is 4.85. The van der Waals surface area contributed by atoms with Crippen LogP contribution < -0.4 is 0 Å². The van der Waals surface area contributed by atoms with E-state index in [9.17, 15) is 19.8 Å². The summed E-state index contributed by atoms with van der Waals surface area (Å²) in [5.74, 6) is -1.09. The zero-order valence-corrected chi connectivity index (χ0v) is 10.3. The van der Waals surface area contributed by atoms with E-state index in [4.69, 9.17) is 0 Å². The van der Waals surface area contributed by atoms with Gasteiger partial charge in [-0.3, -0.25) is 4.79 Å². The molecule has 0 aliphatic rings. The van der Waals surface area contributed by atoms with Gasteiger partial charge in [-0.2, -0.15) is 0 Å². The third kappa shape index (κ3) is 3.56. The molecule has 0 bridgehead atoms. The van der Waals surface area contributed by atoms with Gasteiger partial charge in [-0.15, -0.1) is 0 Å². The van der Waals surface area contributed by atoms with E-state index in [2.05, 4.69) is 4.74 Å². The highest BCUT2D eigenvalue weighted by atomic mass is 16.5. The number of rotatable bonds is 5. The number of benzene rings is 1. The van der Waals surface area contributed by atoms with Crippen molar-refractivity contribution in [1.29, 1.82) is 0 Å². The lowest BCUT2D eigenvalue weighted by molar-refractivity contribution is -0.152. The molecule has 5 heteroatoms. The summed E-state index contributed by atoms with van der Waals surface area (Å²) in [5, 5.41) is 19.0. The molecule has 0 saturated heterocycles. The van der Waals surface area contributed by atoms with Crippen LogP contribution in [-0.2, 0) is 16.0 Å². The van der Waals surface area contributed by atoms with E-state index in [1.165, 1.54) is 19.1 Å². The fourth-order valence-electron chi connectivity index (χ4n) is 1.54. The van der Waals surface area contributed by atoms with Gasteiger partial charge in [-0.25, -0.2) is 4.79 Å². The first-order valence-corrected chi connectivity index (χ1v) is 5.63. The summed E-state index contributed by atoms with van der Waals surface area (Å²) in [7, 11) is 0. The Hall–Kier alpha value is -1.88. The van der Waals surface area contributed by atoms with Gasteiger partial charge in [0.15, 0.2) is 11.9 Å². The molecule has 5 nitrogen and oxygen atoms in total. The van der Waals surface area contributed by atoms with Gasteiger partial charge in [0.05, 0.1) is 12.2 Å². The van der Waals surface area contributed by atoms with E-state index in [1.807, 2.05) is 0 Å². The highest BCUT2D eigenvalue weighted by Crippen LogP contribution is 2.20. The number of aromatic hydroxyl groups is 1. The molecule has 1 rings (SSSR count). The summed E-state index contributed by atoms with van der Waals surface area (Å²) >= 11 is 0. The molecule has 0 aliphatic heterocycles. The lowest BCUT2D eigenvalue weighted by Crippen LogP contribution is -2.25. The molecule has 0 amide bonds. The second kappa shape index (κ2) is 6.16. The third-order valence-electron chi connectivity index (χ3n) is 2.43. The quantitative estimate of drug-likeness (QED) is 0.604. The van der Waals surface area contributed by atoms with Crippen LogP contribution in [0.3, 0.4) is 0 Å². The molecule has 18 heavy (non-hydrogen) atoms. The molecule has 98 valence electrons. The van der Waals surface area contributed by atoms with Gasteiger partial charge in [0.25, 0.3) is 0 Å². The third-order valence-corrected chi connectivity index (χ3v) is 2.43. The number of aliphatic hydroxyl groups is 1. The molecule has 0 aliphatic carbocycles. The van der Waals surface area contributed by atoms with Crippen LogP contribution in [0, 0.1) is 0 Å². The molecule has 1 aromatic carbocycles. The van der Waals surface area contributed by atoms with Crippen LogP contribution >= 0.6 is 0 Å². The van der Waals surface area contributed by atoms with Gasteiger partial charge >= 0.3 is 5.97 Å². The Morgan fingerprint density at radius 3 is 2.61 bits per heavy atom. The highest BCUT2D eigenvalue weighted by molar-refractivity contribution is 5.96. The van der Waals surface area contributed by atoms with E-state index >= 15 is 0 Å². The van der Waals surface area contributed by atoms with E-state index in [0.29, 0.717) is 5.56 Å². The van der Waals surface area contributed by atoms with Gasteiger partial charge < -0.3 is 14.9 Å². The van der Waals surface area contributed by atoms with Crippen LogP contribution in [0.5, 0.6) is 5.75 Å². The predicted molar refractivity (Wildman–Crippen MR) is 64.5 cm³/mol. The van der Waals surface area contributed by atoms with E-state index in [1.54, 1.807) is 13.0 Å². The number of esters is 1. The fraction of sp³-hybridized carbons (Fsp3) is 0.385. The molecule has 2 N–H and O–H groups in total. The van der Waals surface area contributed by atoms with E-state index in [-0.39, 0.29) is 30.1 Å². The molecule has 0 unspecified atom stereocenters. The van der Waals surface area contributed by atoms with Crippen LogP contribution in [0.2, 0.25) is 0 Å². The first-order valence-electron chi connectivity index (χ1n) is 5.63. The molecule has 0 aromatic heterocycles. The molecule has 0 saturated carbocycles. The number of aliphatic hydroxyl groups excluding tert-OH is 1. The van der Waals surface area contributed by atoms with Crippen molar-refractivity contribution in [2.75, 3.05) is 6.61 Å². The van der Waals surface area contributed by atoms with Crippen molar-refractivity contribution < 1.29 is 24.5 Å². The van der Waals surface area contributed by atoms with Crippen molar-refractivity contribution in [2.24, 2.45) is 0 Å². The van der Waals surface area contributed by atoms with Crippen LogP contribution in [0.4, 0.5) is 0 Å². The lowest BCUT2D eigenvalue weighted by atomic mass is 10.0. The van der Waals surface area contributed by atoms with Gasteiger partial charge in [-0.05, 0) is 31.5 Å². The molecular formula is C13H16O5. The highest BCUT2D eigenvalue weighted by Gasteiger charge is 2.17. The Bertz CT molecular complexity index is 453. The minimum Gasteiger partial charge on any atom is -0.507 e. The van der Waals surface area contributed by atoms with Crippen molar-refractivity contribution in [3.63, 3.8) is 0 Å². The average Bonchev–Trinajstić information content (AvgIpc) is 2.31. The van der Waals surface area contributed by atoms with E-state index < -0.39 is 12.1 Å². The van der Waals surface area contributed by atoms with E-state index in [0.717, 1.165) is 0 Å². The normalized spacial score (nSPS) is 11.9. The van der Waals surface area contributed by atoms with Crippen molar-refractivity contribution in [3.05, 3.63) is 29.3 Å². The number of Topliss-reactive ketones (excluding diaryl/α,β-unsaturated/α-hetero) is 1. The molecule has 1 aromatic rings. The van der Waals surface area contributed by atoms with Gasteiger partial charge in [-0.1, -0.05) is 6.07 Å². The fourth-order valence-corrected chi connectivity index (χ4v) is 1.54. The number of hydrogen-bond donors (Lipinski definition) is 2. The van der Waals surface area contributed by atoms with Gasteiger partial charge in [0.2, 0.25) is 0 Å². The predicted octanol–water partition coefficient (Wildman–Crippen LogP) is 1.06. The lowest BCUT2D eigenvalue weighted by Gasteiger charge is -2.10. The van der Waals surface area contributed by atoms with Gasteiger partial charge in [0, 0.05) is 6.42 Å². The largest absolute Gasteiger partial charge is 0.507 e. The SMILES string of the molecule is CCOC(=O)[C@@H](O)Cc1ccc(O)c(C(C)=O)c1. The summed E-state index contributed by atoms with van der Waals surface area (Å²) in [6.07, 6.45) is -1.23. The first kappa shape index (κ1) is 14.2. The standard InChI is InChI=1S/C13H16O5/c1-3-18-13(17)12(16)7-9-4-5-11(15)10(6-9)8(2)14/h4-6,12,15-16H,3,7H2,1-2H3/t12-/m0/s1. The summed E-state index contributed by atoms with van der Waals surface area (Å²) in [6, 6.07) is 4.37. The zero-order chi connectivity index (χ0) is 13.7. The topological polar surface area (TPSA) is 83.8 Å². The summed E-state index contributed by atoms with van der Waals surface area (Å²) < 4.78 is 4.67. The molecule has 0 spiro atoms. The van der Waals surface area contributed by atoms with Crippen LogP contribution in [0.25, 0.3) is 0 Å². The zero-order valence-electron chi connectivity index (χ0n) is 10.3. The van der Waals surface area contributed by atoms with Crippen molar-refractivity contribution in [1.82, 2.24) is 0 Å². The number of carbonyl (C=O) groups excluding carboxylic acids is 2. The smallest absolute Gasteiger partial charge is 0.335 e. The number of phenols is 1. The van der Waals surface area contributed by atoms with Crippen LogP contribution in [-0.4, -0.2) is 34.7 Å². The van der Waals surface area contributed by atoms with Crippen LogP contribution in [0.15, 0.2) is 18.2 Å². The number of ketones is 1. The maximum atomic E-state index is 11.2. The number of ether oxygens (including phenoxy) is 1. The van der Waals surface area contributed by atoms with Crippen molar-refractivity contribution in [3.8, 4) is 5.75 Å². The first-order chi connectivity index (χ1) is 8.45. The Balaban J connectivity index is 2.82. The number of hydrogen-bond acceptors (Lipinski definition) is 5. The molecule has 1 atom stereocenters. The van der Waals surface area contributed by atoms with Gasteiger partial charge in [0.1, 0.15) is 5.75 Å². The minimum absolute atomic E-state index is 0.0411. The monoisotopic (exact) mass is 252 g/mol.